The summed E-state index contributed by atoms with van der Waals surface area (Å²) in [5, 5.41) is 13.0. The molecule has 2 atom stereocenters. The molecule has 2 fully saturated rings. The Morgan fingerprint density at radius 3 is 2.50 bits per heavy atom. The average molecular weight is 280 g/mol. The highest BCUT2D eigenvalue weighted by Crippen LogP contribution is 2.34. The summed E-state index contributed by atoms with van der Waals surface area (Å²) in [4.78, 5) is 15.3. The van der Waals surface area contributed by atoms with Crippen LogP contribution < -0.4 is 0 Å². The maximum absolute atomic E-state index is 10.9. The van der Waals surface area contributed by atoms with Crippen LogP contribution in [0.2, 0.25) is 0 Å². The van der Waals surface area contributed by atoms with Gasteiger partial charge in [0, 0.05) is 5.92 Å². The first-order valence-corrected chi connectivity index (χ1v) is 7.46. The van der Waals surface area contributed by atoms with E-state index in [1.165, 1.54) is 25.7 Å². The third-order valence-corrected chi connectivity index (χ3v) is 4.25. The van der Waals surface area contributed by atoms with Crippen molar-refractivity contribution in [2.45, 2.75) is 69.5 Å². The molecule has 1 aliphatic heterocycles. The highest BCUT2D eigenvalue weighted by atomic mass is 16.5. The molecule has 0 amide bonds. The molecule has 0 radical (unpaired) electrons. The predicted molar refractivity (Wildman–Crippen MR) is 69.2 cm³/mol. The molecule has 6 nitrogen and oxygen atoms in total. The van der Waals surface area contributed by atoms with Crippen LogP contribution in [0.3, 0.4) is 0 Å². The number of carbonyl (C=O) groups is 1. The molecule has 2 heterocycles. The van der Waals surface area contributed by atoms with Crippen LogP contribution in [0.5, 0.6) is 0 Å². The maximum atomic E-state index is 10.9. The fraction of sp³-hybridized carbons (Fsp3) is 0.786. The van der Waals surface area contributed by atoms with Crippen molar-refractivity contribution >= 4 is 5.97 Å². The lowest BCUT2D eigenvalue weighted by atomic mass is 10.00. The first kappa shape index (κ1) is 13.5. The zero-order valence-electron chi connectivity index (χ0n) is 11.5. The third-order valence-electron chi connectivity index (χ3n) is 4.25. The van der Waals surface area contributed by atoms with Crippen LogP contribution in [0.1, 0.15) is 75.1 Å². The summed E-state index contributed by atoms with van der Waals surface area (Å²) in [6.07, 6.45) is 7.26. The predicted octanol–water partition coefficient (Wildman–Crippen LogP) is 2.81. The first-order valence-electron chi connectivity index (χ1n) is 7.46. The van der Waals surface area contributed by atoms with Gasteiger partial charge in [-0.15, -0.1) is 0 Å². The second-order valence-electron chi connectivity index (χ2n) is 5.71. The van der Waals surface area contributed by atoms with E-state index in [0.717, 1.165) is 18.7 Å². The van der Waals surface area contributed by atoms with E-state index in [2.05, 4.69) is 10.1 Å². The van der Waals surface area contributed by atoms with Gasteiger partial charge in [-0.3, -0.25) is 0 Å². The lowest BCUT2D eigenvalue weighted by molar-refractivity contribution is -0.150. The quantitative estimate of drug-likeness (QED) is 0.857. The number of hydrogen-bond donors (Lipinski definition) is 1. The van der Waals surface area contributed by atoms with E-state index in [9.17, 15) is 4.79 Å². The van der Waals surface area contributed by atoms with Crippen molar-refractivity contribution in [3.05, 3.63) is 11.7 Å². The van der Waals surface area contributed by atoms with E-state index in [1.807, 2.05) is 0 Å². The zero-order chi connectivity index (χ0) is 13.9. The summed E-state index contributed by atoms with van der Waals surface area (Å²) in [7, 11) is 0. The molecule has 0 spiro atoms. The number of carboxylic acids is 1. The average Bonchev–Trinajstić information content (AvgIpc) is 3.02. The summed E-state index contributed by atoms with van der Waals surface area (Å²) in [5.74, 6) is 0.667. The van der Waals surface area contributed by atoms with Gasteiger partial charge in [0.25, 0.3) is 5.89 Å². The van der Waals surface area contributed by atoms with Crippen LogP contribution >= 0.6 is 0 Å². The largest absolute Gasteiger partial charge is 0.479 e. The van der Waals surface area contributed by atoms with Gasteiger partial charge in [0.15, 0.2) is 11.9 Å². The highest BCUT2D eigenvalue weighted by Gasteiger charge is 2.35. The van der Waals surface area contributed by atoms with Gasteiger partial charge in [0.1, 0.15) is 6.10 Å². The van der Waals surface area contributed by atoms with Crippen molar-refractivity contribution in [1.82, 2.24) is 10.1 Å². The number of ether oxygens (including phenoxy) is 1. The molecule has 0 bridgehead atoms. The number of nitrogens with zero attached hydrogens (tertiary/aromatic N) is 2. The van der Waals surface area contributed by atoms with Gasteiger partial charge in [-0.05, 0) is 25.7 Å². The molecular weight excluding hydrogens is 260 g/mol. The van der Waals surface area contributed by atoms with Crippen LogP contribution in [-0.2, 0) is 9.53 Å². The number of aromatic nitrogens is 2. The normalized spacial score (nSPS) is 28.4. The molecule has 1 aromatic heterocycles. The third kappa shape index (κ3) is 2.85. The van der Waals surface area contributed by atoms with E-state index in [4.69, 9.17) is 14.4 Å². The minimum absolute atomic E-state index is 0.358. The first-order chi connectivity index (χ1) is 9.74. The smallest absolute Gasteiger partial charge is 0.332 e. The lowest BCUT2D eigenvalue weighted by Crippen LogP contribution is -2.18. The van der Waals surface area contributed by atoms with E-state index in [-0.39, 0.29) is 6.10 Å². The molecule has 1 N–H and O–H groups in total. The van der Waals surface area contributed by atoms with Crippen molar-refractivity contribution in [3.8, 4) is 0 Å². The van der Waals surface area contributed by atoms with Crippen molar-refractivity contribution in [2.75, 3.05) is 0 Å². The summed E-state index contributed by atoms with van der Waals surface area (Å²) >= 11 is 0. The second kappa shape index (κ2) is 5.91. The maximum Gasteiger partial charge on any atom is 0.332 e. The summed E-state index contributed by atoms with van der Waals surface area (Å²) < 4.78 is 10.7. The fourth-order valence-electron chi connectivity index (χ4n) is 3.08. The van der Waals surface area contributed by atoms with Gasteiger partial charge in [0.2, 0.25) is 0 Å². The van der Waals surface area contributed by atoms with Gasteiger partial charge < -0.3 is 14.4 Å². The van der Waals surface area contributed by atoms with E-state index >= 15 is 0 Å². The van der Waals surface area contributed by atoms with Crippen LogP contribution in [0, 0.1) is 0 Å². The molecular formula is C14H20N2O4. The molecule has 1 aromatic rings. The van der Waals surface area contributed by atoms with E-state index in [0.29, 0.717) is 24.7 Å². The number of hydrogen-bond acceptors (Lipinski definition) is 5. The number of aliphatic carboxylic acids is 1. The van der Waals surface area contributed by atoms with Crippen molar-refractivity contribution in [2.24, 2.45) is 0 Å². The number of rotatable bonds is 3. The molecule has 2 unspecified atom stereocenters. The van der Waals surface area contributed by atoms with Gasteiger partial charge in [0.05, 0.1) is 0 Å². The van der Waals surface area contributed by atoms with Crippen molar-refractivity contribution < 1.29 is 19.2 Å². The summed E-state index contributed by atoms with van der Waals surface area (Å²) in [6.45, 7) is 0. The lowest BCUT2D eigenvalue weighted by Gasteiger charge is -2.08. The van der Waals surface area contributed by atoms with Gasteiger partial charge in [-0.1, -0.05) is 30.8 Å². The summed E-state index contributed by atoms with van der Waals surface area (Å²) in [5.41, 5.74) is 0. The van der Waals surface area contributed by atoms with Crippen LogP contribution in [0.25, 0.3) is 0 Å². The molecule has 20 heavy (non-hydrogen) atoms. The van der Waals surface area contributed by atoms with Gasteiger partial charge >= 0.3 is 5.97 Å². The zero-order valence-corrected chi connectivity index (χ0v) is 11.5. The van der Waals surface area contributed by atoms with Gasteiger partial charge in [-0.2, -0.15) is 4.98 Å². The molecule has 3 rings (SSSR count). The van der Waals surface area contributed by atoms with Crippen molar-refractivity contribution in [1.29, 1.82) is 0 Å². The Hall–Kier alpha value is -1.43. The number of carboxylic acid groups (broad SMARTS) is 1. The standard InChI is InChI=1S/C14H20N2O4/c17-14(18)11-8-7-10(19-11)13-15-12(16-20-13)9-5-3-1-2-4-6-9/h9-11H,1-8H2,(H,17,18). The second-order valence-corrected chi connectivity index (χ2v) is 5.71. The Balaban J connectivity index is 1.66. The molecule has 1 aliphatic carbocycles. The van der Waals surface area contributed by atoms with E-state index in [1.54, 1.807) is 0 Å². The Bertz CT molecular complexity index is 465. The van der Waals surface area contributed by atoms with E-state index < -0.39 is 12.1 Å². The monoisotopic (exact) mass is 280 g/mol. The van der Waals surface area contributed by atoms with Gasteiger partial charge in [-0.25, -0.2) is 4.79 Å². The summed E-state index contributed by atoms with van der Waals surface area (Å²) in [6, 6.07) is 0. The van der Waals surface area contributed by atoms with Crippen LogP contribution in [0.4, 0.5) is 0 Å². The molecule has 2 aliphatic rings. The minimum Gasteiger partial charge on any atom is -0.479 e. The topological polar surface area (TPSA) is 85.5 Å². The molecule has 0 aromatic carbocycles. The Morgan fingerprint density at radius 2 is 1.85 bits per heavy atom. The molecule has 1 saturated carbocycles. The van der Waals surface area contributed by atoms with Crippen molar-refractivity contribution in [3.63, 3.8) is 0 Å². The molecule has 1 saturated heterocycles. The Kier molecular flexibility index (Phi) is 4.00. The Morgan fingerprint density at radius 1 is 1.10 bits per heavy atom. The molecule has 6 heteroatoms. The SMILES string of the molecule is O=C(O)C1CCC(c2nc(C3CCCCCC3)no2)O1. The Labute approximate surface area is 117 Å². The molecule has 110 valence electrons. The fourth-order valence-corrected chi connectivity index (χ4v) is 3.08. The minimum atomic E-state index is -0.920. The highest BCUT2D eigenvalue weighted by molar-refractivity contribution is 5.72. The van der Waals surface area contributed by atoms with Crippen LogP contribution in [-0.4, -0.2) is 27.3 Å². The van der Waals surface area contributed by atoms with Crippen LogP contribution in [0.15, 0.2) is 4.52 Å².